The van der Waals surface area contributed by atoms with Gasteiger partial charge in [0.1, 0.15) is 0 Å². The quantitative estimate of drug-likeness (QED) is 0.714. The molecular formula is C18H33N3. The van der Waals surface area contributed by atoms with Gasteiger partial charge in [0.2, 0.25) is 0 Å². The number of hydrogen-bond donors (Lipinski definition) is 1. The van der Waals surface area contributed by atoms with Gasteiger partial charge in [-0.2, -0.15) is 0 Å². The lowest BCUT2D eigenvalue weighted by Gasteiger charge is -2.26. The normalized spacial score (nSPS) is 11.4. The molecule has 0 amide bonds. The minimum Gasteiger partial charge on any atom is -0.372 e. The molecule has 0 fully saturated rings. The molecule has 1 aromatic rings. The lowest BCUT2D eigenvalue weighted by molar-refractivity contribution is 0.400. The largest absolute Gasteiger partial charge is 0.372 e. The highest BCUT2D eigenvalue weighted by molar-refractivity contribution is 5.53. The van der Waals surface area contributed by atoms with E-state index in [0.29, 0.717) is 5.92 Å². The van der Waals surface area contributed by atoms with Crippen molar-refractivity contribution in [3.05, 3.63) is 29.8 Å². The van der Waals surface area contributed by atoms with E-state index in [1.54, 1.807) is 0 Å². The van der Waals surface area contributed by atoms with Crippen molar-refractivity contribution < 1.29 is 0 Å². The maximum atomic E-state index is 3.56. The van der Waals surface area contributed by atoms with Gasteiger partial charge < -0.3 is 15.1 Å². The van der Waals surface area contributed by atoms with Gasteiger partial charge in [-0.05, 0) is 58.1 Å². The van der Waals surface area contributed by atoms with E-state index in [4.69, 9.17) is 0 Å². The summed E-state index contributed by atoms with van der Waals surface area (Å²) in [5, 5.41) is 3.56. The van der Waals surface area contributed by atoms with E-state index in [1.165, 1.54) is 17.7 Å². The summed E-state index contributed by atoms with van der Waals surface area (Å²) in [6, 6.07) is 8.79. The Morgan fingerprint density at radius 3 is 2.43 bits per heavy atom. The SMILES string of the molecule is CCN(CCCN(C)C)c1ccccc1CNCC(C)C. The van der Waals surface area contributed by atoms with Gasteiger partial charge in [0.25, 0.3) is 0 Å². The van der Waals surface area contributed by atoms with Crippen LogP contribution in [0, 0.1) is 5.92 Å². The minimum atomic E-state index is 0.694. The molecule has 1 rings (SSSR count). The molecule has 0 bridgehead atoms. The number of benzene rings is 1. The topological polar surface area (TPSA) is 18.5 Å². The molecule has 0 saturated carbocycles. The average Bonchev–Trinajstić information content (AvgIpc) is 2.44. The first kappa shape index (κ1) is 18.0. The molecule has 0 aliphatic carbocycles. The summed E-state index contributed by atoms with van der Waals surface area (Å²) in [6.45, 7) is 12.1. The van der Waals surface area contributed by atoms with Gasteiger partial charge >= 0.3 is 0 Å². The van der Waals surface area contributed by atoms with Crippen molar-refractivity contribution in [2.75, 3.05) is 45.2 Å². The zero-order valence-electron chi connectivity index (χ0n) is 14.5. The first-order valence-corrected chi connectivity index (χ1v) is 8.22. The van der Waals surface area contributed by atoms with Crippen LogP contribution in [-0.2, 0) is 6.54 Å². The second-order valence-electron chi connectivity index (χ2n) is 6.39. The van der Waals surface area contributed by atoms with Gasteiger partial charge in [0, 0.05) is 25.3 Å². The van der Waals surface area contributed by atoms with E-state index in [2.05, 4.69) is 74.2 Å². The Balaban J connectivity index is 2.65. The monoisotopic (exact) mass is 291 g/mol. The lowest BCUT2D eigenvalue weighted by atomic mass is 10.1. The molecule has 3 nitrogen and oxygen atoms in total. The molecule has 1 N–H and O–H groups in total. The van der Waals surface area contributed by atoms with Crippen molar-refractivity contribution in [1.82, 2.24) is 10.2 Å². The van der Waals surface area contributed by atoms with E-state index in [1.807, 2.05) is 0 Å². The molecule has 0 atom stereocenters. The highest BCUT2D eigenvalue weighted by Crippen LogP contribution is 2.20. The first-order chi connectivity index (χ1) is 10.0. The fourth-order valence-electron chi connectivity index (χ4n) is 2.49. The van der Waals surface area contributed by atoms with Crippen molar-refractivity contribution >= 4 is 5.69 Å². The highest BCUT2D eigenvalue weighted by atomic mass is 15.1. The Bertz CT molecular complexity index is 388. The fourth-order valence-corrected chi connectivity index (χ4v) is 2.49. The van der Waals surface area contributed by atoms with Gasteiger partial charge in [-0.3, -0.25) is 0 Å². The summed E-state index contributed by atoms with van der Waals surface area (Å²) in [6.07, 6.45) is 1.20. The van der Waals surface area contributed by atoms with E-state index in [9.17, 15) is 0 Å². The third-order valence-corrected chi connectivity index (χ3v) is 3.62. The third kappa shape index (κ3) is 6.96. The summed E-state index contributed by atoms with van der Waals surface area (Å²) in [5.41, 5.74) is 2.79. The van der Waals surface area contributed by atoms with Crippen molar-refractivity contribution in [3.8, 4) is 0 Å². The molecule has 0 unspecified atom stereocenters. The number of anilines is 1. The van der Waals surface area contributed by atoms with Crippen LogP contribution < -0.4 is 10.2 Å². The fraction of sp³-hybridized carbons (Fsp3) is 0.667. The van der Waals surface area contributed by atoms with E-state index < -0.39 is 0 Å². The van der Waals surface area contributed by atoms with Gasteiger partial charge in [-0.15, -0.1) is 0 Å². The number of rotatable bonds is 10. The first-order valence-electron chi connectivity index (χ1n) is 8.22. The molecule has 120 valence electrons. The maximum absolute atomic E-state index is 3.56. The minimum absolute atomic E-state index is 0.694. The van der Waals surface area contributed by atoms with Gasteiger partial charge in [-0.1, -0.05) is 32.0 Å². The average molecular weight is 291 g/mol. The Labute approximate surface area is 131 Å². The predicted octanol–water partition coefficient (Wildman–Crippen LogP) is 3.21. The number of para-hydroxylation sites is 1. The van der Waals surface area contributed by atoms with Crippen LogP contribution in [0.2, 0.25) is 0 Å². The van der Waals surface area contributed by atoms with Crippen LogP contribution in [0.1, 0.15) is 32.8 Å². The smallest absolute Gasteiger partial charge is 0.0411 e. The van der Waals surface area contributed by atoms with Crippen LogP contribution in [0.5, 0.6) is 0 Å². The van der Waals surface area contributed by atoms with Crippen LogP contribution in [-0.4, -0.2) is 45.2 Å². The van der Waals surface area contributed by atoms with Crippen LogP contribution in [0.25, 0.3) is 0 Å². The maximum Gasteiger partial charge on any atom is 0.0411 e. The Hall–Kier alpha value is -1.06. The van der Waals surface area contributed by atoms with Gasteiger partial charge in [0.15, 0.2) is 0 Å². The Morgan fingerprint density at radius 1 is 1.10 bits per heavy atom. The van der Waals surface area contributed by atoms with Crippen LogP contribution >= 0.6 is 0 Å². The van der Waals surface area contributed by atoms with Crippen LogP contribution in [0.3, 0.4) is 0 Å². The standard InChI is InChI=1S/C18H33N3/c1-6-21(13-9-12-20(4)5)18-11-8-7-10-17(18)15-19-14-16(2)3/h7-8,10-11,16,19H,6,9,12-15H2,1-5H3. The molecule has 0 heterocycles. The summed E-state index contributed by atoms with van der Waals surface area (Å²) in [5.74, 6) is 0.694. The van der Waals surface area contributed by atoms with Crippen LogP contribution in [0.4, 0.5) is 5.69 Å². The van der Waals surface area contributed by atoms with Gasteiger partial charge in [0.05, 0.1) is 0 Å². The number of hydrogen-bond acceptors (Lipinski definition) is 3. The molecule has 0 aliphatic rings. The summed E-state index contributed by atoms with van der Waals surface area (Å²) in [4.78, 5) is 4.75. The Morgan fingerprint density at radius 2 is 1.81 bits per heavy atom. The van der Waals surface area contributed by atoms with E-state index >= 15 is 0 Å². The molecule has 3 heteroatoms. The second kappa shape index (κ2) is 9.80. The molecule has 0 saturated heterocycles. The molecule has 1 aromatic carbocycles. The Kier molecular flexibility index (Phi) is 8.40. The van der Waals surface area contributed by atoms with Gasteiger partial charge in [-0.25, -0.2) is 0 Å². The third-order valence-electron chi connectivity index (χ3n) is 3.62. The number of nitrogens with zero attached hydrogens (tertiary/aromatic N) is 2. The number of nitrogens with one attached hydrogen (secondary N) is 1. The summed E-state index contributed by atoms with van der Waals surface area (Å²) in [7, 11) is 4.28. The predicted molar refractivity (Wildman–Crippen MR) is 94.0 cm³/mol. The molecule has 0 radical (unpaired) electrons. The molecular weight excluding hydrogens is 258 g/mol. The second-order valence-corrected chi connectivity index (χ2v) is 6.39. The molecule has 21 heavy (non-hydrogen) atoms. The van der Waals surface area contributed by atoms with Crippen molar-refractivity contribution in [1.29, 1.82) is 0 Å². The highest BCUT2D eigenvalue weighted by Gasteiger charge is 2.09. The van der Waals surface area contributed by atoms with E-state index in [0.717, 1.165) is 32.7 Å². The van der Waals surface area contributed by atoms with Crippen LogP contribution in [0.15, 0.2) is 24.3 Å². The van der Waals surface area contributed by atoms with Crippen molar-refractivity contribution in [2.45, 2.75) is 33.7 Å². The van der Waals surface area contributed by atoms with E-state index in [-0.39, 0.29) is 0 Å². The zero-order chi connectivity index (χ0) is 15.7. The molecule has 0 aromatic heterocycles. The van der Waals surface area contributed by atoms with Crippen molar-refractivity contribution in [2.24, 2.45) is 5.92 Å². The molecule has 0 aliphatic heterocycles. The zero-order valence-corrected chi connectivity index (χ0v) is 14.5. The lowest BCUT2D eigenvalue weighted by Crippen LogP contribution is -2.29. The molecule has 0 spiro atoms. The summed E-state index contributed by atoms with van der Waals surface area (Å²) < 4.78 is 0. The van der Waals surface area contributed by atoms with Crippen molar-refractivity contribution in [3.63, 3.8) is 0 Å². The summed E-state index contributed by atoms with van der Waals surface area (Å²) >= 11 is 0.